The van der Waals surface area contributed by atoms with Crippen molar-refractivity contribution in [1.82, 2.24) is 24.5 Å². The van der Waals surface area contributed by atoms with Gasteiger partial charge in [-0.3, -0.25) is 9.48 Å². The van der Waals surface area contributed by atoms with E-state index in [1.807, 2.05) is 17.7 Å². The molecule has 0 saturated carbocycles. The molecule has 108 valence electrons. The predicted molar refractivity (Wildman–Crippen MR) is 75.6 cm³/mol. The largest absolute Gasteiger partial charge is 0.328 e. The maximum absolute atomic E-state index is 12.5. The van der Waals surface area contributed by atoms with Gasteiger partial charge in [-0.15, -0.1) is 0 Å². The summed E-state index contributed by atoms with van der Waals surface area (Å²) < 4.78 is 3.69. The molecule has 0 spiro atoms. The molecule has 0 fully saturated rings. The summed E-state index contributed by atoms with van der Waals surface area (Å²) in [5.74, 6) is 0.885. The smallest absolute Gasteiger partial charge is 0.226 e. The van der Waals surface area contributed by atoms with Crippen LogP contribution >= 0.6 is 0 Å². The Balaban J connectivity index is 1.93. The minimum atomic E-state index is -0.228. The second-order valence-corrected chi connectivity index (χ2v) is 5.30. The average molecular weight is 284 g/mol. The zero-order valence-electron chi connectivity index (χ0n) is 11.8. The molecule has 0 aromatic carbocycles. The molecular formula is C14H16N6O. The van der Waals surface area contributed by atoms with Crippen LogP contribution in [0.4, 0.5) is 5.95 Å². The van der Waals surface area contributed by atoms with E-state index in [9.17, 15) is 4.79 Å². The SMILES string of the molecule is CCn1nccc1C1C2=C(CCCC2=O)Nc2ncnn21. The maximum atomic E-state index is 12.5. The molecule has 1 atom stereocenters. The number of ketones is 1. The number of carbonyl (C=O) groups is 1. The van der Waals surface area contributed by atoms with Crippen molar-refractivity contribution in [3.63, 3.8) is 0 Å². The van der Waals surface area contributed by atoms with Crippen molar-refractivity contribution in [3.05, 3.63) is 35.6 Å². The van der Waals surface area contributed by atoms with Crippen LogP contribution in [0.25, 0.3) is 0 Å². The van der Waals surface area contributed by atoms with Crippen molar-refractivity contribution >= 4 is 11.7 Å². The second kappa shape index (κ2) is 4.54. The van der Waals surface area contributed by atoms with Crippen molar-refractivity contribution in [1.29, 1.82) is 0 Å². The highest BCUT2D eigenvalue weighted by Gasteiger charge is 2.37. The van der Waals surface area contributed by atoms with Gasteiger partial charge in [-0.1, -0.05) is 0 Å². The third kappa shape index (κ3) is 1.73. The molecule has 21 heavy (non-hydrogen) atoms. The molecule has 1 aliphatic heterocycles. The fraction of sp³-hybridized carbons (Fsp3) is 0.429. The molecule has 2 aliphatic rings. The van der Waals surface area contributed by atoms with Crippen LogP contribution in [0.3, 0.4) is 0 Å². The fourth-order valence-electron chi connectivity index (χ4n) is 3.21. The molecule has 1 N–H and O–H groups in total. The summed E-state index contributed by atoms with van der Waals surface area (Å²) >= 11 is 0. The Morgan fingerprint density at radius 1 is 1.38 bits per heavy atom. The van der Waals surface area contributed by atoms with Crippen LogP contribution in [0.5, 0.6) is 0 Å². The Hall–Kier alpha value is -2.44. The van der Waals surface area contributed by atoms with Crippen LogP contribution in [0, 0.1) is 0 Å². The van der Waals surface area contributed by atoms with Gasteiger partial charge in [0.05, 0.1) is 5.69 Å². The van der Waals surface area contributed by atoms with E-state index in [2.05, 4.69) is 20.5 Å². The zero-order valence-corrected chi connectivity index (χ0v) is 11.8. The van der Waals surface area contributed by atoms with Gasteiger partial charge in [-0.25, -0.2) is 4.68 Å². The molecule has 2 aromatic heterocycles. The van der Waals surface area contributed by atoms with E-state index in [1.54, 1.807) is 10.9 Å². The summed E-state index contributed by atoms with van der Waals surface area (Å²) in [5, 5.41) is 11.9. The van der Waals surface area contributed by atoms with E-state index in [4.69, 9.17) is 0 Å². The van der Waals surface area contributed by atoms with Gasteiger partial charge in [0.15, 0.2) is 5.78 Å². The molecular weight excluding hydrogens is 268 g/mol. The van der Waals surface area contributed by atoms with Crippen molar-refractivity contribution in [2.24, 2.45) is 0 Å². The highest BCUT2D eigenvalue weighted by atomic mass is 16.1. The molecule has 4 rings (SSSR count). The number of hydrogen-bond donors (Lipinski definition) is 1. The van der Waals surface area contributed by atoms with E-state index >= 15 is 0 Å². The van der Waals surface area contributed by atoms with E-state index in [0.717, 1.165) is 36.4 Å². The van der Waals surface area contributed by atoms with Crippen LogP contribution in [-0.2, 0) is 11.3 Å². The standard InChI is InChI=1S/C14H16N6O/c1-2-19-10(6-7-16-19)13-12-9(4-3-5-11(12)21)18-14-15-8-17-20(13)14/h6-8,13H,2-5H2,1H3,(H,15,17,18). The van der Waals surface area contributed by atoms with Gasteiger partial charge in [0, 0.05) is 30.4 Å². The summed E-state index contributed by atoms with van der Waals surface area (Å²) in [6.45, 7) is 2.80. The van der Waals surface area contributed by atoms with Gasteiger partial charge < -0.3 is 5.32 Å². The third-order valence-electron chi connectivity index (χ3n) is 4.14. The number of carbonyl (C=O) groups excluding carboxylic acids is 1. The first kappa shape index (κ1) is 12.3. The van der Waals surface area contributed by atoms with Crippen LogP contribution in [0.15, 0.2) is 29.9 Å². The number of nitrogens with one attached hydrogen (secondary N) is 1. The summed E-state index contributed by atoms with van der Waals surface area (Å²) in [6.07, 6.45) is 5.65. The number of aryl methyl sites for hydroxylation is 1. The number of fused-ring (bicyclic) bond motifs is 1. The number of hydrogen-bond acceptors (Lipinski definition) is 5. The molecule has 0 bridgehead atoms. The number of nitrogens with zero attached hydrogens (tertiary/aromatic N) is 5. The highest BCUT2D eigenvalue weighted by molar-refractivity contribution is 5.99. The van der Waals surface area contributed by atoms with Gasteiger partial charge in [-0.05, 0) is 25.8 Å². The van der Waals surface area contributed by atoms with E-state index < -0.39 is 0 Å². The van der Waals surface area contributed by atoms with E-state index in [1.165, 1.54) is 6.33 Å². The monoisotopic (exact) mass is 284 g/mol. The van der Waals surface area contributed by atoms with Crippen molar-refractivity contribution in [3.8, 4) is 0 Å². The Morgan fingerprint density at radius 3 is 3.14 bits per heavy atom. The molecule has 7 heteroatoms. The number of allylic oxidation sites excluding steroid dienone is 2. The number of Topliss-reactive ketones (excluding diaryl/α,β-unsaturated/α-hetero) is 1. The van der Waals surface area contributed by atoms with Crippen molar-refractivity contribution in [2.75, 3.05) is 5.32 Å². The Labute approximate surface area is 121 Å². The van der Waals surface area contributed by atoms with Gasteiger partial charge in [0.1, 0.15) is 12.4 Å². The molecule has 0 saturated heterocycles. The van der Waals surface area contributed by atoms with Crippen LogP contribution in [0.2, 0.25) is 0 Å². The summed E-state index contributed by atoms with van der Waals surface area (Å²) in [4.78, 5) is 16.7. The molecule has 7 nitrogen and oxygen atoms in total. The lowest BCUT2D eigenvalue weighted by molar-refractivity contribution is -0.116. The van der Waals surface area contributed by atoms with Crippen LogP contribution in [0.1, 0.15) is 37.9 Å². The van der Waals surface area contributed by atoms with E-state index in [-0.39, 0.29) is 11.8 Å². The normalized spacial score (nSPS) is 21.0. The Morgan fingerprint density at radius 2 is 2.29 bits per heavy atom. The third-order valence-corrected chi connectivity index (χ3v) is 4.14. The van der Waals surface area contributed by atoms with Gasteiger partial charge in [0.25, 0.3) is 0 Å². The summed E-state index contributed by atoms with van der Waals surface area (Å²) in [7, 11) is 0. The first-order valence-electron chi connectivity index (χ1n) is 7.24. The Kier molecular flexibility index (Phi) is 2.66. The molecule has 2 aromatic rings. The summed E-state index contributed by atoms with van der Waals surface area (Å²) in [5.41, 5.74) is 2.78. The first-order chi connectivity index (χ1) is 10.3. The fourth-order valence-corrected chi connectivity index (χ4v) is 3.21. The van der Waals surface area contributed by atoms with Crippen LogP contribution < -0.4 is 5.32 Å². The topological polar surface area (TPSA) is 77.6 Å². The van der Waals surface area contributed by atoms with Gasteiger partial charge in [-0.2, -0.15) is 15.2 Å². The number of aromatic nitrogens is 5. The molecule has 1 aliphatic carbocycles. The average Bonchev–Trinajstić information content (AvgIpc) is 3.13. The minimum Gasteiger partial charge on any atom is -0.328 e. The zero-order chi connectivity index (χ0) is 14.4. The first-order valence-corrected chi connectivity index (χ1v) is 7.24. The number of anilines is 1. The Bertz CT molecular complexity index is 740. The quantitative estimate of drug-likeness (QED) is 0.904. The molecule has 0 radical (unpaired) electrons. The van der Waals surface area contributed by atoms with E-state index in [0.29, 0.717) is 12.4 Å². The lowest BCUT2D eigenvalue weighted by atomic mass is 9.87. The summed E-state index contributed by atoms with van der Waals surface area (Å²) in [6, 6.07) is 1.73. The molecule has 1 unspecified atom stereocenters. The minimum absolute atomic E-state index is 0.193. The molecule has 0 amide bonds. The highest BCUT2D eigenvalue weighted by Crippen LogP contribution is 2.39. The van der Waals surface area contributed by atoms with Crippen LogP contribution in [-0.4, -0.2) is 30.3 Å². The van der Waals surface area contributed by atoms with Gasteiger partial charge in [0.2, 0.25) is 5.95 Å². The lowest BCUT2D eigenvalue weighted by Crippen LogP contribution is -2.32. The number of rotatable bonds is 2. The maximum Gasteiger partial charge on any atom is 0.226 e. The van der Waals surface area contributed by atoms with Crippen molar-refractivity contribution < 1.29 is 4.79 Å². The van der Waals surface area contributed by atoms with Gasteiger partial charge >= 0.3 is 0 Å². The predicted octanol–water partition coefficient (Wildman–Crippen LogP) is 1.52. The second-order valence-electron chi connectivity index (χ2n) is 5.30. The van der Waals surface area contributed by atoms with Crippen molar-refractivity contribution in [2.45, 2.75) is 38.8 Å². The lowest BCUT2D eigenvalue weighted by Gasteiger charge is -2.32. The molecule has 3 heterocycles.